The van der Waals surface area contributed by atoms with Crippen LogP contribution in [0.4, 0.5) is 9.18 Å². The van der Waals surface area contributed by atoms with E-state index in [1.165, 1.54) is 18.1 Å². The average Bonchev–Trinajstić information content (AvgIpc) is 3.37. The van der Waals surface area contributed by atoms with Crippen LogP contribution in [0.15, 0.2) is 24.3 Å². The molecule has 3 unspecified atom stereocenters. The number of carboxylic acid groups (broad SMARTS) is 1. The lowest BCUT2D eigenvalue weighted by molar-refractivity contribution is -0.159. The van der Waals surface area contributed by atoms with Gasteiger partial charge in [0.1, 0.15) is 17.5 Å². The molecular formula is C24H33FN2O6. The molecule has 1 saturated heterocycles. The Bertz CT molecular complexity index is 901. The summed E-state index contributed by atoms with van der Waals surface area (Å²) in [6.45, 7) is 6.77. The van der Waals surface area contributed by atoms with Crippen molar-refractivity contribution in [2.45, 2.75) is 76.8 Å². The normalized spacial score (nSPS) is 24.4. The molecule has 1 heterocycles. The van der Waals surface area contributed by atoms with Crippen LogP contribution in [0.3, 0.4) is 0 Å². The van der Waals surface area contributed by atoms with Crippen LogP contribution in [0.1, 0.15) is 46.1 Å². The molecule has 0 spiro atoms. The highest BCUT2D eigenvalue weighted by atomic mass is 19.1. The summed E-state index contributed by atoms with van der Waals surface area (Å²) < 4.78 is 25.3. The van der Waals surface area contributed by atoms with Crippen LogP contribution in [-0.4, -0.2) is 64.9 Å². The predicted molar refractivity (Wildman–Crippen MR) is 118 cm³/mol. The number of carbonyl (C=O) groups excluding carboxylic acids is 2. The van der Waals surface area contributed by atoms with Crippen molar-refractivity contribution < 1.29 is 33.4 Å². The summed E-state index contributed by atoms with van der Waals surface area (Å²) in [6.07, 6.45) is -0.305. The number of piperidine rings is 1. The van der Waals surface area contributed by atoms with Crippen LogP contribution in [-0.2, 0) is 25.5 Å². The average molecular weight is 465 g/mol. The van der Waals surface area contributed by atoms with Crippen molar-refractivity contribution in [3.05, 3.63) is 35.6 Å². The SMILES string of the molecule is COC(C(C)C(=O)NC(Cc1ccccc1F)C(=O)OC(C)(C)C)[C@@H]1C[C@@H]2C[C@@H]2N1C(=O)O. The number of nitrogens with one attached hydrogen (secondary N) is 1. The topological polar surface area (TPSA) is 105 Å². The number of methoxy groups -OCH3 is 1. The smallest absolute Gasteiger partial charge is 0.407 e. The summed E-state index contributed by atoms with van der Waals surface area (Å²) in [5, 5.41) is 12.3. The van der Waals surface area contributed by atoms with Gasteiger partial charge in [0.05, 0.1) is 18.1 Å². The van der Waals surface area contributed by atoms with Gasteiger partial charge in [0.15, 0.2) is 0 Å². The molecule has 1 aromatic rings. The van der Waals surface area contributed by atoms with Gasteiger partial charge in [-0.3, -0.25) is 9.69 Å². The predicted octanol–water partition coefficient (Wildman–Crippen LogP) is 2.99. The monoisotopic (exact) mass is 464 g/mol. The lowest BCUT2D eigenvalue weighted by Crippen LogP contribution is -2.53. The fraction of sp³-hybridized carbons (Fsp3) is 0.625. The number of ether oxygens (including phenoxy) is 2. The summed E-state index contributed by atoms with van der Waals surface area (Å²) in [5.41, 5.74) is -0.513. The molecule has 9 heteroatoms. The van der Waals surface area contributed by atoms with Gasteiger partial charge in [-0.2, -0.15) is 0 Å². The lowest BCUT2D eigenvalue weighted by atomic mass is 9.93. The molecule has 0 aromatic heterocycles. The van der Waals surface area contributed by atoms with Gasteiger partial charge >= 0.3 is 12.1 Å². The minimum absolute atomic E-state index is 0.0176. The molecule has 6 atom stereocenters. The van der Waals surface area contributed by atoms with E-state index in [1.807, 2.05) is 0 Å². The molecule has 1 saturated carbocycles. The van der Waals surface area contributed by atoms with E-state index in [9.17, 15) is 23.9 Å². The number of fused-ring (bicyclic) bond motifs is 1. The molecular weight excluding hydrogens is 431 g/mol. The van der Waals surface area contributed by atoms with Gasteiger partial charge in [0, 0.05) is 19.6 Å². The maximum Gasteiger partial charge on any atom is 0.407 e. The first-order chi connectivity index (χ1) is 15.4. The molecule has 2 fully saturated rings. The summed E-state index contributed by atoms with van der Waals surface area (Å²) in [6, 6.07) is 4.47. The second-order valence-electron chi connectivity index (χ2n) is 9.94. The maximum atomic E-state index is 14.2. The molecule has 2 N–H and O–H groups in total. The second-order valence-corrected chi connectivity index (χ2v) is 9.94. The van der Waals surface area contributed by atoms with Crippen LogP contribution in [0, 0.1) is 17.7 Å². The molecule has 2 aliphatic rings. The Morgan fingerprint density at radius 1 is 1.24 bits per heavy atom. The van der Waals surface area contributed by atoms with E-state index >= 15 is 0 Å². The number of nitrogens with zero attached hydrogens (tertiary/aromatic N) is 1. The van der Waals surface area contributed by atoms with Gasteiger partial charge in [0.25, 0.3) is 0 Å². The largest absolute Gasteiger partial charge is 0.465 e. The Labute approximate surface area is 193 Å². The van der Waals surface area contributed by atoms with Crippen molar-refractivity contribution in [1.82, 2.24) is 10.2 Å². The number of amides is 2. The first kappa shape index (κ1) is 25.0. The van der Waals surface area contributed by atoms with Gasteiger partial charge in [-0.25, -0.2) is 14.0 Å². The summed E-state index contributed by atoms with van der Waals surface area (Å²) >= 11 is 0. The van der Waals surface area contributed by atoms with Crippen LogP contribution in [0.5, 0.6) is 0 Å². The summed E-state index contributed by atoms with van der Waals surface area (Å²) in [5.74, 6) is -2.08. The van der Waals surface area contributed by atoms with Crippen molar-refractivity contribution in [2.24, 2.45) is 11.8 Å². The summed E-state index contributed by atoms with van der Waals surface area (Å²) in [4.78, 5) is 39.2. The van der Waals surface area contributed by atoms with E-state index in [4.69, 9.17) is 9.47 Å². The van der Waals surface area contributed by atoms with Crippen molar-refractivity contribution in [1.29, 1.82) is 0 Å². The van der Waals surface area contributed by atoms with E-state index in [0.717, 1.165) is 6.42 Å². The maximum absolute atomic E-state index is 14.2. The van der Waals surface area contributed by atoms with Crippen LogP contribution in [0.25, 0.3) is 0 Å². The molecule has 1 aliphatic heterocycles. The zero-order chi connectivity index (χ0) is 24.5. The number of halogens is 1. The van der Waals surface area contributed by atoms with E-state index < -0.39 is 53.5 Å². The fourth-order valence-corrected chi connectivity index (χ4v) is 4.67. The highest BCUT2D eigenvalue weighted by Gasteiger charge is 2.57. The number of carbonyl (C=O) groups is 3. The van der Waals surface area contributed by atoms with Crippen LogP contribution >= 0.6 is 0 Å². The third-order valence-corrected chi connectivity index (χ3v) is 6.31. The Morgan fingerprint density at radius 2 is 1.91 bits per heavy atom. The van der Waals surface area contributed by atoms with Crippen LogP contribution in [0.2, 0.25) is 0 Å². The Morgan fingerprint density at radius 3 is 2.48 bits per heavy atom. The molecule has 0 radical (unpaired) electrons. The van der Waals surface area contributed by atoms with E-state index in [0.29, 0.717) is 12.3 Å². The zero-order valence-electron chi connectivity index (χ0n) is 19.7. The van der Waals surface area contributed by atoms with Gasteiger partial charge in [-0.15, -0.1) is 0 Å². The molecule has 1 aromatic carbocycles. The van der Waals surface area contributed by atoms with Gasteiger partial charge < -0.3 is 19.9 Å². The Kier molecular flexibility index (Phi) is 7.31. The molecule has 3 rings (SSSR count). The molecule has 182 valence electrons. The third kappa shape index (κ3) is 5.82. The minimum atomic E-state index is -1.11. The van der Waals surface area contributed by atoms with Crippen molar-refractivity contribution >= 4 is 18.0 Å². The van der Waals surface area contributed by atoms with Crippen molar-refractivity contribution in [3.63, 3.8) is 0 Å². The molecule has 8 nitrogen and oxygen atoms in total. The standard InChI is InChI=1S/C24H33FN2O6/c1-13(20(32-5)19-12-15-11-18(15)27(19)23(30)31)21(28)26-17(22(29)33-24(2,3)4)10-14-8-6-7-9-16(14)25/h6-9,13,15,17-20H,10-12H2,1-5H3,(H,26,28)(H,30,31)/t13?,15-,17?,18-,19-,20?/m0/s1. The third-order valence-electron chi connectivity index (χ3n) is 6.31. The zero-order valence-corrected chi connectivity index (χ0v) is 19.7. The number of likely N-dealkylation sites (tertiary alicyclic amines) is 1. The van der Waals surface area contributed by atoms with Gasteiger partial charge in [-0.1, -0.05) is 25.1 Å². The first-order valence-corrected chi connectivity index (χ1v) is 11.2. The second kappa shape index (κ2) is 9.67. The van der Waals surface area contributed by atoms with E-state index in [-0.39, 0.29) is 18.0 Å². The Hall–Kier alpha value is -2.68. The fourth-order valence-electron chi connectivity index (χ4n) is 4.67. The molecule has 0 bridgehead atoms. The highest BCUT2D eigenvalue weighted by Crippen LogP contribution is 2.49. The van der Waals surface area contributed by atoms with Gasteiger partial charge in [-0.05, 0) is 51.2 Å². The van der Waals surface area contributed by atoms with Gasteiger partial charge in [0.2, 0.25) is 5.91 Å². The number of esters is 1. The highest BCUT2D eigenvalue weighted by molar-refractivity contribution is 5.86. The molecule has 1 aliphatic carbocycles. The molecule has 2 amide bonds. The van der Waals surface area contributed by atoms with E-state index in [2.05, 4.69) is 5.32 Å². The van der Waals surface area contributed by atoms with Crippen molar-refractivity contribution in [3.8, 4) is 0 Å². The lowest BCUT2D eigenvalue weighted by Gasteiger charge is -2.34. The number of hydrogen-bond acceptors (Lipinski definition) is 5. The Balaban J connectivity index is 1.76. The molecule has 33 heavy (non-hydrogen) atoms. The number of hydrogen-bond donors (Lipinski definition) is 2. The summed E-state index contributed by atoms with van der Waals surface area (Å²) in [7, 11) is 1.45. The minimum Gasteiger partial charge on any atom is -0.465 e. The number of benzene rings is 1. The van der Waals surface area contributed by atoms with Crippen molar-refractivity contribution in [2.75, 3.05) is 7.11 Å². The quantitative estimate of drug-likeness (QED) is 0.573. The number of rotatable bonds is 8. The van der Waals surface area contributed by atoms with Crippen LogP contribution < -0.4 is 5.32 Å². The van der Waals surface area contributed by atoms with E-state index in [1.54, 1.807) is 45.9 Å². The first-order valence-electron chi connectivity index (χ1n) is 11.2.